The zero-order valence-corrected chi connectivity index (χ0v) is 15.8. The van der Waals surface area contributed by atoms with Crippen molar-refractivity contribution in [1.82, 2.24) is 14.7 Å². The summed E-state index contributed by atoms with van der Waals surface area (Å²) < 4.78 is 5.41. The van der Waals surface area contributed by atoms with Gasteiger partial charge in [-0.25, -0.2) is 0 Å². The maximum Gasteiger partial charge on any atom is 0.0577 e. The number of methoxy groups -OCH3 is 1. The molecule has 0 aromatic carbocycles. The van der Waals surface area contributed by atoms with Crippen molar-refractivity contribution in [2.45, 2.75) is 51.2 Å². The number of likely N-dealkylation sites (tertiary alicyclic amines) is 1. The Kier molecular flexibility index (Phi) is 5.67. The van der Waals surface area contributed by atoms with Crippen molar-refractivity contribution in [1.29, 1.82) is 0 Å². The Morgan fingerprint density at radius 3 is 2.13 bits per heavy atom. The number of hydrogen-bond donors (Lipinski definition) is 0. The van der Waals surface area contributed by atoms with E-state index >= 15 is 0 Å². The predicted octanol–water partition coefficient (Wildman–Crippen LogP) is 2.15. The Labute approximate surface area is 143 Å². The van der Waals surface area contributed by atoms with Crippen LogP contribution in [0.15, 0.2) is 0 Å². The first-order valence-corrected chi connectivity index (χ1v) is 9.67. The first kappa shape index (κ1) is 17.7. The largest absolute Gasteiger partial charge is 0.381 e. The summed E-state index contributed by atoms with van der Waals surface area (Å²) in [7, 11) is 4.10. The fourth-order valence-corrected chi connectivity index (χ4v) is 4.84. The van der Waals surface area contributed by atoms with E-state index in [1.54, 1.807) is 0 Å². The molecule has 4 heteroatoms. The molecule has 3 rings (SSSR count). The highest BCUT2D eigenvalue weighted by molar-refractivity contribution is 4.94. The van der Waals surface area contributed by atoms with Gasteiger partial charge >= 0.3 is 0 Å². The maximum atomic E-state index is 5.41. The van der Waals surface area contributed by atoms with Gasteiger partial charge < -0.3 is 14.5 Å². The van der Waals surface area contributed by atoms with Gasteiger partial charge in [0.15, 0.2) is 0 Å². The van der Waals surface area contributed by atoms with Crippen molar-refractivity contribution in [2.24, 2.45) is 11.8 Å². The van der Waals surface area contributed by atoms with E-state index in [-0.39, 0.29) is 0 Å². The normalized spacial score (nSPS) is 32.9. The van der Waals surface area contributed by atoms with E-state index < -0.39 is 0 Å². The number of piperazine rings is 1. The molecule has 0 aromatic heterocycles. The first-order valence-electron chi connectivity index (χ1n) is 9.67. The fourth-order valence-electron chi connectivity index (χ4n) is 4.84. The molecule has 2 aliphatic heterocycles. The minimum Gasteiger partial charge on any atom is -0.381 e. The molecule has 1 saturated carbocycles. The zero-order valence-electron chi connectivity index (χ0n) is 15.8. The van der Waals surface area contributed by atoms with Crippen LogP contribution in [0.2, 0.25) is 0 Å². The van der Waals surface area contributed by atoms with Gasteiger partial charge in [-0.2, -0.15) is 0 Å². The highest BCUT2D eigenvalue weighted by Gasteiger charge is 2.39. The highest BCUT2D eigenvalue weighted by atomic mass is 16.5. The van der Waals surface area contributed by atoms with Gasteiger partial charge in [0.2, 0.25) is 0 Å². The van der Waals surface area contributed by atoms with Crippen molar-refractivity contribution >= 4 is 0 Å². The van der Waals surface area contributed by atoms with E-state index in [9.17, 15) is 0 Å². The van der Waals surface area contributed by atoms with E-state index in [1.807, 2.05) is 7.11 Å². The molecular weight excluding hydrogens is 286 g/mol. The second-order valence-electron chi connectivity index (χ2n) is 8.71. The van der Waals surface area contributed by atoms with Crippen molar-refractivity contribution in [2.75, 3.05) is 60.0 Å². The molecule has 23 heavy (non-hydrogen) atoms. The van der Waals surface area contributed by atoms with Crippen molar-refractivity contribution < 1.29 is 4.74 Å². The van der Waals surface area contributed by atoms with Crippen LogP contribution in [-0.2, 0) is 4.74 Å². The molecule has 2 saturated heterocycles. The van der Waals surface area contributed by atoms with Gasteiger partial charge in [0.25, 0.3) is 0 Å². The third-order valence-corrected chi connectivity index (χ3v) is 6.95. The van der Waals surface area contributed by atoms with E-state index in [1.165, 1.54) is 71.5 Å². The summed E-state index contributed by atoms with van der Waals surface area (Å²) in [6.07, 6.45) is 5.86. The minimum atomic E-state index is 0.366. The lowest BCUT2D eigenvalue weighted by Crippen LogP contribution is -2.58. The third kappa shape index (κ3) is 4.09. The lowest BCUT2D eigenvalue weighted by Gasteiger charge is -2.50. The summed E-state index contributed by atoms with van der Waals surface area (Å²) >= 11 is 0. The monoisotopic (exact) mass is 323 g/mol. The van der Waals surface area contributed by atoms with E-state index in [2.05, 4.69) is 35.6 Å². The summed E-state index contributed by atoms with van der Waals surface area (Å²) in [4.78, 5) is 7.93. The molecule has 0 atom stereocenters. The molecule has 0 bridgehead atoms. The predicted molar refractivity (Wildman–Crippen MR) is 95.8 cm³/mol. The Balaban J connectivity index is 1.43. The number of hydrogen-bond acceptors (Lipinski definition) is 4. The quantitative estimate of drug-likeness (QED) is 0.771. The van der Waals surface area contributed by atoms with Crippen LogP contribution in [0.5, 0.6) is 0 Å². The van der Waals surface area contributed by atoms with Gasteiger partial charge in [0.05, 0.1) is 6.10 Å². The summed E-state index contributed by atoms with van der Waals surface area (Å²) in [5.41, 5.74) is 0.366. The number of piperidine rings is 1. The van der Waals surface area contributed by atoms with Crippen molar-refractivity contribution in [3.05, 3.63) is 0 Å². The fraction of sp³-hybridized carbons (Fsp3) is 1.00. The second-order valence-corrected chi connectivity index (χ2v) is 8.71. The molecular formula is C19H37N3O. The SMILES string of the molecule is COC1CC(CN2CCC(C(C)(C)N3CCN(C)CC3)CC2)C1. The Morgan fingerprint density at radius 1 is 0.957 bits per heavy atom. The second kappa shape index (κ2) is 7.38. The van der Waals surface area contributed by atoms with E-state index in [0.717, 1.165) is 11.8 Å². The molecule has 134 valence electrons. The molecule has 0 radical (unpaired) electrons. The lowest BCUT2D eigenvalue weighted by atomic mass is 9.77. The summed E-state index contributed by atoms with van der Waals surface area (Å²) in [6.45, 7) is 13.8. The highest BCUT2D eigenvalue weighted by Crippen LogP contribution is 2.35. The van der Waals surface area contributed by atoms with Crippen molar-refractivity contribution in [3.63, 3.8) is 0 Å². The minimum absolute atomic E-state index is 0.366. The Bertz CT molecular complexity index is 365. The van der Waals surface area contributed by atoms with Gasteiger partial charge in [0, 0.05) is 45.4 Å². The number of likely N-dealkylation sites (N-methyl/N-ethyl adjacent to an activating group) is 1. The maximum absolute atomic E-state index is 5.41. The average molecular weight is 324 g/mol. The zero-order chi connectivity index (χ0) is 16.4. The van der Waals surface area contributed by atoms with Crippen LogP contribution in [0.1, 0.15) is 39.5 Å². The topological polar surface area (TPSA) is 19.0 Å². The molecule has 0 aromatic rings. The lowest BCUT2D eigenvalue weighted by molar-refractivity contribution is -0.0262. The molecule has 0 N–H and O–H groups in total. The smallest absolute Gasteiger partial charge is 0.0577 e. The Hall–Kier alpha value is -0.160. The number of ether oxygens (including phenoxy) is 1. The van der Waals surface area contributed by atoms with E-state index in [4.69, 9.17) is 4.74 Å². The van der Waals surface area contributed by atoms with Crippen LogP contribution < -0.4 is 0 Å². The number of nitrogens with zero attached hydrogens (tertiary/aromatic N) is 3. The van der Waals surface area contributed by atoms with Gasteiger partial charge in [-0.1, -0.05) is 0 Å². The van der Waals surface area contributed by atoms with Crippen LogP contribution >= 0.6 is 0 Å². The summed E-state index contributed by atoms with van der Waals surface area (Å²) in [5, 5.41) is 0. The van der Waals surface area contributed by atoms with E-state index in [0.29, 0.717) is 11.6 Å². The molecule has 3 fully saturated rings. The van der Waals surface area contributed by atoms with Crippen LogP contribution in [0.4, 0.5) is 0 Å². The van der Waals surface area contributed by atoms with Crippen LogP contribution in [0, 0.1) is 11.8 Å². The molecule has 0 amide bonds. The van der Waals surface area contributed by atoms with Crippen LogP contribution in [0.3, 0.4) is 0 Å². The molecule has 3 aliphatic rings. The van der Waals surface area contributed by atoms with Gasteiger partial charge in [0.1, 0.15) is 0 Å². The summed E-state index contributed by atoms with van der Waals surface area (Å²) in [5.74, 6) is 1.75. The standard InChI is InChI=1S/C19H37N3O/c1-19(2,22-11-9-20(3)10-12-22)17-5-7-21(8-6-17)15-16-13-18(14-16)23-4/h16-18H,5-15H2,1-4H3. The Morgan fingerprint density at radius 2 is 1.57 bits per heavy atom. The average Bonchev–Trinajstić information content (AvgIpc) is 2.51. The molecule has 0 unspecified atom stereocenters. The molecule has 2 heterocycles. The molecule has 1 aliphatic carbocycles. The van der Waals surface area contributed by atoms with Crippen LogP contribution in [-0.4, -0.2) is 86.3 Å². The van der Waals surface area contributed by atoms with Gasteiger partial charge in [-0.3, -0.25) is 4.90 Å². The summed E-state index contributed by atoms with van der Waals surface area (Å²) in [6, 6.07) is 0. The molecule has 0 spiro atoms. The van der Waals surface area contributed by atoms with Gasteiger partial charge in [-0.15, -0.1) is 0 Å². The van der Waals surface area contributed by atoms with Crippen LogP contribution in [0.25, 0.3) is 0 Å². The molecule has 4 nitrogen and oxygen atoms in total. The van der Waals surface area contributed by atoms with Crippen molar-refractivity contribution in [3.8, 4) is 0 Å². The first-order chi connectivity index (χ1) is 11.0. The van der Waals surface area contributed by atoms with Gasteiger partial charge in [-0.05, 0) is 71.5 Å². The third-order valence-electron chi connectivity index (χ3n) is 6.95. The number of rotatable bonds is 5.